The molecule has 110 valence electrons. The number of carbonyl (C=O) groups is 1. The van der Waals surface area contributed by atoms with E-state index in [9.17, 15) is 4.79 Å². The number of rotatable bonds is 5. The average Bonchev–Trinajstić information content (AvgIpc) is 2.81. The summed E-state index contributed by atoms with van der Waals surface area (Å²) in [6.45, 7) is 1.58. The van der Waals surface area contributed by atoms with Gasteiger partial charge in [0.15, 0.2) is 11.5 Å². The summed E-state index contributed by atoms with van der Waals surface area (Å²) < 4.78 is 10.6. The Morgan fingerprint density at radius 3 is 2.75 bits per heavy atom. The van der Waals surface area contributed by atoms with Crippen LogP contribution in [0.15, 0.2) is 18.2 Å². The first-order chi connectivity index (χ1) is 9.50. The Balaban J connectivity index is 2.14. The van der Waals surface area contributed by atoms with Gasteiger partial charge in [-0.1, -0.05) is 12.1 Å². The van der Waals surface area contributed by atoms with Crippen LogP contribution in [-0.4, -0.2) is 48.8 Å². The Morgan fingerprint density at radius 1 is 1.45 bits per heavy atom. The van der Waals surface area contributed by atoms with E-state index in [1.54, 1.807) is 14.2 Å². The van der Waals surface area contributed by atoms with E-state index < -0.39 is 11.5 Å². The molecule has 0 aliphatic carbocycles. The first kappa shape index (κ1) is 14.6. The van der Waals surface area contributed by atoms with Crippen LogP contribution in [0.4, 0.5) is 0 Å². The highest BCUT2D eigenvalue weighted by Crippen LogP contribution is 2.32. The van der Waals surface area contributed by atoms with Crippen molar-refractivity contribution in [1.29, 1.82) is 0 Å². The van der Waals surface area contributed by atoms with E-state index in [-0.39, 0.29) is 0 Å². The number of hydrogen-bond donors (Lipinski definition) is 2. The summed E-state index contributed by atoms with van der Waals surface area (Å²) in [6, 6.07) is 5.66. The van der Waals surface area contributed by atoms with Gasteiger partial charge in [0, 0.05) is 25.2 Å². The number of carboxylic acids is 1. The predicted molar refractivity (Wildman–Crippen MR) is 74.0 cm³/mol. The molecule has 0 bridgehead atoms. The highest BCUT2D eigenvalue weighted by molar-refractivity contribution is 5.79. The number of aliphatic carboxylic acids is 1. The molecule has 2 rings (SSSR count). The van der Waals surface area contributed by atoms with Gasteiger partial charge in [-0.2, -0.15) is 0 Å². The number of para-hydroxylation sites is 1. The Bertz CT molecular complexity index is 506. The predicted octanol–water partition coefficient (Wildman–Crippen LogP) is 0.692. The molecule has 0 aromatic heterocycles. The van der Waals surface area contributed by atoms with Crippen LogP contribution < -0.4 is 15.2 Å². The fourth-order valence-corrected chi connectivity index (χ4v) is 2.54. The summed E-state index contributed by atoms with van der Waals surface area (Å²) in [5.41, 5.74) is 5.69. The first-order valence-electron chi connectivity index (χ1n) is 6.44. The first-order valence-corrected chi connectivity index (χ1v) is 6.44. The molecule has 1 aromatic rings. The number of benzene rings is 1. The molecule has 20 heavy (non-hydrogen) atoms. The highest BCUT2D eigenvalue weighted by atomic mass is 16.5. The van der Waals surface area contributed by atoms with Crippen molar-refractivity contribution >= 4 is 5.97 Å². The van der Waals surface area contributed by atoms with Crippen molar-refractivity contribution in [3.8, 4) is 11.5 Å². The minimum absolute atomic E-state index is 0.336. The van der Waals surface area contributed by atoms with Crippen molar-refractivity contribution in [2.45, 2.75) is 18.5 Å². The maximum absolute atomic E-state index is 11.1. The lowest BCUT2D eigenvalue weighted by molar-refractivity contribution is -0.142. The van der Waals surface area contributed by atoms with Gasteiger partial charge >= 0.3 is 5.97 Å². The molecule has 1 unspecified atom stereocenters. The normalized spacial score (nSPS) is 22.8. The van der Waals surface area contributed by atoms with Crippen molar-refractivity contribution in [2.24, 2.45) is 5.73 Å². The minimum atomic E-state index is -1.15. The number of methoxy groups -OCH3 is 2. The highest BCUT2D eigenvalue weighted by Gasteiger charge is 2.41. The summed E-state index contributed by atoms with van der Waals surface area (Å²) in [4.78, 5) is 13.2. The van der Waals surface area contributed by atoms with Gasteiger partial charge in [-0.05, 0) is 12.5 Å². The van der Waals surface area contributed by atoms with Gasteiger partial charge in [0.1, 0.15) is 5.54 Å². The van der Waals surface area contributed by atoms with Crippen molar-refractivity contribution in [3.63, 3.8) is 0 Å². The van der Waals surface area contributed by atoms with Gasteiger partial charge in [0.05, 0.1) is 14.2 Å². The van der Waals surface area contributed by atoms with Crippen LogP contribution in [0.25, 0.3) is 0 Å². The fourth-order valence-electron chi connectivity index (χ4n) is 2.54. The third-order valence-corrected chi connectivity index (χ3v) is 3.68. The van der Waals surface area contributed by atoms with Gasteiger partial charge in [-0.15, -0.1) is 0 Å². The zero-order valence-electron chi connectivity index (χ0n) is 11.8. The fraction of sp³-hybridized carbons (Fsp3) is 0.500. The molecule has 3 N–H and O–H groups in total. The quantitative estimate of drug-likeness (QED) is 0.825. The zero-order chi connectivity index (χ0) is 14.8. The SMILES string of the molecule is COc1cccc(CN2CCC(N)(C(=O)O)C2)c1OC. The van der Waals surface area contributed by atoms with E-state index in [0.29, 0.717) is 37.6 Å². The number of nitrogens with two attached hydrogens (primary N) is 1. The molecule has 0 saturated carbocycles. The molecule has 6 nitrogen and oxygen atoms in total. The molecule has 0 radical (unpaired) electrons. The third kappa shape index (κ3) is 2.71. The van der Waals surface area contributed by atoms with Crippen molar-refractivity contribution in [2.75, 3.05) is 27.3 Å². The van der Waals surface area contributed by atoms with Crippen molar-refractivity contribution in [1.82, 2.24) is 4.90 Å². The summed E-state index contributed by atoms with van der Waals surface area (Å²) in [7, 11) is 3.18. The van der Waals surface area contributed by atoms with Crippen LogP contribution in [0.5, 0.6) is 11.5 Å². The van der Waals surface area contributed by atoms with Gasteiger partial charge < -0.3 is 20.3 Å². The molecular formula is C14H20N2O4. The standard InChI is InChI=1S/C14H20N2O4/c1-19-11-5-3-4-10(12(11)20-2)8-16-7-6-14(15,9-16)13(17)18/h3-5H,6-9,15H2,1-2H3,(H,17,18). The average molecular weight is 280 g/mol. The van der Waals surface area contributed by atoms with Crippen LogP contribution in [0.1, 0.15) is 12.0 Å². The van der Waals surface area contributed by atoms with Crippen LogP contribution in [0, 0.1) is 0 Å². The lowest BCUT2D eigenvalue weighted by Crippen LogP contribution is -2.50. The molecule has 6 heteroatoms. The molecule has 1 atom stereocenters. The number of likely N-dealkylation sites (tertiary alicyclic amines) is 1. The molecule has 1 aliphatic rings. The number of nitrogens with zero attached hydrogens (tertiary/aromatic N) is 1. The Morgan fingerprint density at radius 2 is 2.20 bits per heavy atom. The summed E-state index contributed by atoms with van der Waals surface area (Å²) in [5, 5.41) is 9.14. The van der Waals surface area contributed by atoms with E-state index in [4.69, 9.17) is 20.3 Å². The smallest absolute Gasteiger partial charge is 0.325 e. The van der Waals surface area contributed by atoms with Crippen molar-refractivity contribution in [3.05, 3.63) is 23.8 Å². The van der Waals surface area contributed by atoms with Gasteiger partial charge in [-0.3, -0.25) is 9.69 Å². The summed E-state index contributed by atoms with van der Waals surface area (Å²) in [6.07, 6.45) is 0.453. The monoisotopic (exact) mass is 280 g/mol. The van der Waals surface area contributed by atoms with Crippen molar-refractivity contribution < 1.29 is 19.4 Å². The molecule has 1 fully saturated rings. The van der Waals surface area contributed by atoms with Crippen LogP contribution in [0.2, 0.25) is 0 Å². The van der Waals surface area contributed by atoms with Crippen LogP contribution in [-0.2, 0) is 11.3 Å². The molecule has 0 spiro atoms. The number of hydrogen-bond acceptors (Lipinski definition) is 5. The summed E-state index contributed by atoms with van der Waals surface area (Å²) >= 11 is 0. The lowest BCUT2D eigenvalue weighted by Gasteiger charge is -2.21. The second-order valence-electron chi connectivity index (χ2n) is 5.07. The number of carboxylic acid groups (broad SMARTS) is 1. The van der Waals surface area contributed by atoms with E-state index in [1.165, 1.54) is 0 Å². The molecular weight excluding hydrogens is 260 g/mol. The van der Waals surface area contributed by atoms with Gasteiger partial charge in [-0.25, -0.2) is 0 Å². The second kappa shape index (κ2) is 5.68. The van der Waals surface area contributed by atoms with E-state index in [1.807, 2.05) is 23.1 Å². The second-order valence-corrected chi connectivity index (χ2v) is 5.07. The molecule has 1 saturated heterocycles. The Labute approximate surface area is 118 Å². The van der Waals surface area contributed by atoms with Gasteiger partial charge in [0.2, 0.25) is 0 Å². The zero-order valence-corrected chi connectivity index (χ0v) is 11.8. The minimum Gasteiger partial charge on any atom is -0.493 e. The Kier molecular flexibility index (Phi) is 4.15. The number of ether oxygens (including phenoxy) is 2. The van der Waals surface area contributed by atoms with E-state index >= 15 is 0 Å². The molecule has 1 aromatic carbocycles. The summed E-state index contributed by atoms with van der Waals surface area (Å²) in [5.74, 6) is 0.402. The van der Waals surface area contributed by atoms with E-state index in [0.717, 1.165) is 5.56 Å². The van der Waals surface area contributed by atoms with E-state index in [2.05, 4.69) is 0 Å². The maximum atomic E-state index is 11.1. The molecule has 1 aliphatic heterocycles. The maximum Gasteiger partial charge on any atom is 0.325 e. The topological polar surface area (TPSA) is 85.0 Å². The third-order valence-electron chi connectivity index (χ3n) is 3.68. The van der Waals surface area contributed by atoms with Crippen LogP contribution in [0.3, 0.4) is 0 Å². The largest absolute Gasteiger partial charge is 0.493 e. The lowest BCUT2D eigenvalue weighted by atomic mass is 10.0. The van der Waals surface area contributed by atoms with Crippen LogP contribution >= 0.6 is 0 Å². The van der Waals surface area contributed by atoms with Gasteiger partial charge in [0.25, 0.3) is 0 Å². The molecule has 0 amide bonds. The molecule has 1 heterocycles. The Hall–Kier alpha value is -1.79.